The van der Waals surface area contributed by atoms with Crippen LogP contribution in [0.2, 0.25) is 36.3 Å². The van der Waals surface area contributed by atoms with E-state index >= 15 is 0 Å². The minimum atomic E-state index is -2.13. The molecule has 2 rings (SSSR count). The summed E-state index contributed by atoms with van der Waals surface area (Å²) in [7, 11) is -2.53. The maximum atomic E-state index is 13.7. The van der Waals surface area contributed by atoms with Crippen LogP contribution in [0.1, 0.15) is 67.7 Å². The zero-order valence-electron chi connectivity index (χ0n) is 22.1. The third kappa shape index (κ3) is 4.75. The predicted octanol–water partition coefficient (Wildman–Crippen LogP) is 5.61. The summed E-state index contributed by atoms with van der Waals surface area (Å²) in [5, 5.41) is 0.0955. The van der Waals surface area contributed by atoms with Crippen molar-refractivity contribution in [2.24, 2.45) is 11.8 Å². The molecular formula is C24H47NO4Si2. The lowest BCUT2D eigenvalue weighted by molar-refractivity contribution is -0.163. The third-order valence-corrected chi connectivity index (χ3v) is 18.7. The average molecular weight is 470 g/mol. The van der Waals surface area contributed by atoms with Gasteiger partial charge in [-0.2, -0.15) is 0 Å². The van der Waals surface area contributed by atoms with Crippen LogP contribution in [0.15, 0.2) is 0 Å². The molecular weight excluding hydrogens is 422 g/mol. The highest BCUT2D eigenvalue weighted by atomic mass is 28.4. The monoisotopic (exact) mass is 469 g/mol. The van der Waals surface area contributed by atoms with Gasteiger partial charge in [-0.25, -0.2) is 0 Å². The molecule has 180 valence electrons. The van der Waals surface area contributed by atoms with Crippen molar-refractivity contribution < 1.29 is 18.8 Å². The molecule has 5 atom stereocenters. The van der Waals surface area contributed by atoms with Gasteiger partial charge in [0.25, 0.3) is 0 Å². The van der Waals surface area contributed by atoms with Crippen molar-refractivity contribution in [1.82, 2.24) is 4.57 Å². The zero-order chi connectivity index (χ0) is 24.2. The number of carbonyl (C=O) groups excluding carboxylic acids is 2. The molecule has 1 saturated heterocycles. The highest BCUT2D eigenvalue weighted by Crippen LogP contribution is 2.50. The number of methoxy groups -OCH3 is 1. The van der Waals surface area contributed by atoms with Gasteiger partial charge in [-0.05, 0) is 49.4 Å². The molecule has 0 radical (unpaired) electrons. The van der Waals surface area contributed by atoms with E-state index < -0.39 is 16.6 Å². The number of hydrogen-bond donors (Lipinski definition) is 0. The van der Waals surface area contributed by atoms with Crippen molar-refractivity contribution in [3.05, 3.63) is 0 Å². The Hall–Kier alpha value is -0.506. The highest BCUT2D eigenvalue weighted by Gasteiger charge is 2.62. The van der Waals surface area contributed by atoms with E-state index in [4.69, 9.17) is 9.16 Å². The number of ether oxygens (including phenoxy) is 1. The molecule has 7 heteroatoms. The second-order valence-electron chi connectivity index (χ2n) is 12.8. The Bertz CT molecular complexity index is 693. The van der Waals surface area contributed by atoms with Gasteiger partial charge in [0.2, 0.25) is 5.91 Å². The second-order valence-corrected chi connectivity index (χ2v) is 22.6. The molecule has 5 nitrogen and oxygen atoms in total. The Balaban J connectivity index is 2.43. The molecule has 1 amide bonds. The van der Waals surface area contributed by atoms with E-state index in [1.54, 1.807) is 7.11 Å². The maximum absolute atomic E-state index is 13.7. The average Bonchev–Trinajstić information content (AvgIpc) is 2.57. The number of carbonyl (C=O) groups is 2. The summed E-state index contributed by atoms with van der Waals surface area (Å²) in [5.41, 5.74) is 0. The van der Waals surface area contributed by atoms with E-state index in [-0.39, 0.29) is 51.9 Å². The normalized spacial score (nSPS) is 29.7. The second kappa shape index (κ2) is 8.69. The molecule has 1 heterocycles. The highest BCUT2D eigenvalue weighted by molar-refractivity contribution is 6.80. The van der Waals surface area contributed by atoms with Gasteiger partial charge in [-0.1, -0.05) is 54.6 Å². The molecule has 1 aliphatic heterocycles. The first-order chi connectivity index (χ1) is 13.9. The molecule has 2 aliphatic rings. The number of hydrogen-bond acceptors (Lipinski definition) is 4. The number of ketones is 1. The summed E-state index contributed by atoms with van der Waals surface area (Å²) in [6.45, 7) is 24.4. The summed E-state index contributed by atoms with van der Waals surface area (Å²) in [6, 6.07) is -0.0707. The van der Waals surface area contributed by atoms with Gasteiger partial charge in [-0.15, -0.1) is 0 Å². The largest absolute Gasteiger partial charge is 0.413 e. The summed E-state index contributed by atoms with van der Waals surface area (Å²) >= 11 is 0. The van der Waals surface area contributed by atoms with Crippen LogP contribution >= 0.6 is 0 Å². The quantitative estimate of drug-likeness (QED) is 0.374. The van der Waals surface area contributed by atoms with Crippen molar-refractivity contribution in [2.45, 2.75) is 122 Å². The Kier molecular flexibility index (Phi) is 7.50. The van der Waals surface area contributed by atoms with Crippen molar-refractivity contribution in [3.63, 3.8) is 0 Å². The maximum Gasteiger partial charge on any atom is 0.222 e. The smallest absolute Gasteiger partial charge is 0.222 e. The van der Waals surface area contributed by atoms with Crippen LogP contribution in [0, 0.1) is 11.8 Å². The van der Waals surface area contributed by atoms with Gasteiger partial charge >= 0.3 is 0 Å². The first-order valence-electron chi connectivity index (χ1n) is 12.0. The van der Waals surface area contributed by atoms with Gasteiger partial charge in [0.15, 0.2) is 22.3 Å². The minimum absolute atomic E-state index is 0.0216. The Morgan fingerprint density at radius 3 is 1.97 bits per heavy atom. The standard InChI is InChI=1S/C24H47NO4Si2/c1-16(29-31(11,12)24(5,6)7)19-20(17-14-13-15-18(28-8)21(17)26)25(22(19)27)30(9,10)23(2,3)4/h16-20H,13-15H2,1-12H3/t16-,17-,18+,19-,20-/m1/s1. The molecule has 1 aliphatic carbocycles. The molecule has 0 aromatic rings. The molecule has 31 heavy (non-hydrogen) atoms. The molecule has 0 aromatic heterocycles. The van der Waals surface area contributed by atoms with E-state index in [2.05, 4.69) is 79.2 Å². The Morgan fingerprint density at radius 1 is 0.968 bits per heavy atom. The number of amides is 1. The Morgan fingerprint density at radius 2 is 1.52 bits per heavy atom. The van der Waals surface area contributed by atoms with Gasteiger partial charge in [0.1, 0.15) is 6.10 Å². The van der Waals surface area contributed by atoms with Crippen molar-refractivity contribution in [2.75, 3.05) is 7.11 Å². The van der Waals surface area contributed by atoms with Crippen LogP contribution in [-0.4, -0.2) is 58.2 Å². The number of Topliss-reactive ketones (excluding diaryl/α,β-unsaturated/α-hetero) is 1. The summed E-state index contributed by atoms with van der Waals surface area (Å²) < 4.78 is 14.4. The van der Waals surface area contributed by atoms with E-state index in [1.807, 2.05) is 0 Å². The fraction of sp³-hybridized carbons (Fsp3) is 0.917. The van der Waals surface area contributed by atoms with Gasteiger partial charge < -0.3 is 13.7 Å². The van der Waals surface area contributed by atoms with E-state index in [9.17, 15) is 9.59 Å². The zero-order valence-corrected chi connectivity index (χ0v) is 24.1. The van der Waals surface area contributed by atoms with Crippen LogP contribution in [0.4, 0.5) is 0 Å². The van der Waals surface area contributed by atoms with Crippen LogP contribution in [0.3, 0.4) is 0 Å². The van der Waals surface area contributed by atoms with Gasteiger partial charge in [0, 0.05) is 19.1 Å². The van der Waals surface area contributed by atoms with Crippen LogP contribution in [0.5, 0.6) is 0 Å². The van der Waals surface area contributed by atoms with Gasteiger partial charge in [-0.3, -0.25) is 9.59 Å². The lowest BCUT2D eigenvalue weighted by Crippen LogP contribution is -2.77. The number of β-lactam (4-membered cyclic amide) rings is 1. The van der Waals surface area contributed by atoms with Crippen molar-refractivity contribution in [1.29, 1.82) is 0 Å². The molecule has 0 unspecified atom stereocenters. The summed E-state index contributed by atoms with van der Waals surface area (Å²) in [5.74, 6) is -0.0246. The fourth-order valence-corrected chi connectivity index (χ4v) is 8.72. The summed E-state index contributed by atoms with van der Waals surface area (Å²) in [4.78, 5) is 27.0. The molecule has 0 aromatic carbocycles. The summed E-state index contributed by atoms with van der Waals surface area (Å²) in [6.07, 6.45) is 2.07. The first kappa shape index (κ1) is 26.7. The lowest BCUT2D eigenvalue weighted by atomic mass is 9.71. The van der Waals surface area contributed by atoms with Crippen molar-refractivity contribution >= 4 is 28.2 Å². The Labute approximate surface area is 192 Å². The molecule has 2 fully saturated rings. The SMILES string of the molecule is CO[C@H]1CCC[C@H]([C@@H]2[C@@H]([C@@H](C)O[Si](C)(C)C(C)(C)C)C(=O)N2[Si](C)(C)C(C)(C)C)C1=O. The fourth-order valence-electron chi connectivity index (χ4n) is 4.78. The molecule has 0 spiro atoms. The van der Waals surface area contributed by atoms with E-state index in [0.717, 1.165) is 19.3 Å². The van der Waals surface area contributed by atoms with E-state index in [1.165, 1.54) is 0 Å². The van der Waals surface area contributed by atoms with Crippen LogP contribution < -0.4 is 0 Å². The van der Waals surface area contributed by atoms with Crippen LogP contribution in [-0.2, 0) is 18.8 Å². The van der Waals surface area contributed by atoms with E-state index in [0.29, 0.717) is 0 Å². The van der Waals surface area contributed by atoms with Crippen LogP contribution in [0.25, 0.3) is 0 Å². The topological polar surface area (TPSA) is 55.8 Å². The molecule has 0 bridgehead atoms. The molecule has 1 saturated carbocycles. The minimum Gasteiger partial charge on any atom is -0.413 e. The third-order valence-electron chi connectivity index (χ3n) is 8.78. The number of nitrogens with zero attached hydrogens (tertiary/aromatic N) is 1. The number of rotatable bonds is 6. The van der Waals surface area contributed by atoms with Gasteiger partial charge in [0.05, 0.1) is 12.0 Å². The first-order valence-corrected chi connectivity index (χ1v) is 17.8. The molecule has 0 N–H and O–H groups in total. The lowest BCUT2D eigenvalue weighted by Gasteiger charge is -2.62. The van der Waals surface area contributed by atoms with Crippen molar-refractivity contribution in [3.8, 4) is 0 Å². The predicted molar refractivity (Wildman–Crippen MR) is 132 cm³/mol.